The standard InChI is InChI=1S/C23H28N4O3S/c1-3-15-30-20-9-7-17(8-10-20)21(28)25-23(31)24-19-6-4-5-18(16-19)22(29)27-13-11-26(2)12-14-27/h4-10,16H,3,11-15H2,1-2H3,(H2,24,25,28,31). The molecule has 7 nitrogen and oxygen atoms in total. The van der Waals surface area contributed by atoms with E-state index in [1.807, 2.05) is 11.8 Å². The van der Waals surface area contributed by atoms with Gasteiger partial charge in [0.1, 0.15) is 5.75 Å². The molecule has 1 heterocycles. The summed E-state index contributed by atoms with van der Waals surface area (Å²) in [6.45, 7) is 5.83. The summed E-state index contributed by atoms with van der Waals surface area (Å²) in [6, 6.07) is 14.0. The number of piperazine rings is 1. The lowest BCUT2D eigenvalue weighted by Crippen LogP contribution is -2.47. The number of hydrogen-bond donors (Lipinski definition) is 2. The van der Waals surface area contributed by atoms with Crippen molar-refractivity contribution in [1.29, 1.82) is 0 Å². The number of rotatable bonds is 6. The maximum absolute atomic E-state index is 12.8. The predicted molar refractivity (Wildman–Crippen MR) is 126 cm³/mol. The molecule has 0 aliphatic carbocycles. The molecule has 0 bridgehead atoms. The van der Waals surface area contributed by atoms with Crippen molar-refractivity contribution in [3.8, 4) is 5.75 Å². The van der Waals surface area contributed by atoms with Gasteiger partial charge in [-0.25, -0.2) is 0 Å². The highest BCUT2D eigenvalue weighted by atomic mass is 32.1. The van der Waals surface area contributed by atoms with Crippen molar-refractivity contribution in [3.05, 3.63) is 59.7 Å². The zero-order valence-electron chi connectivity index (χ0n) is 17.9. The van der Waals surface area contributed by atoms with Crippen molar-refractivity contribution in [2.24, 2.45) is 0 Å². The van der Waals surface area contributed by atoms with E-state index in [4.69, 9.17) is 17.0 Å². The Morgan fingerprint density at radius 1 is 1.03 bits per heavy atom. The first-order valence-electron chi connectivity index (χ1n) is 10.4. The van der Waals surface area contributed by atoms with Crippen LogP contribution in [0.2, 0.25) is 0 Å². The number of carbonyl (C=O) groups is 2. The van der Waals surface area contributed by atoms with Gasteiger partial charge in [-0.1, -0.05) is 13.0 Å². The van der Waals surface area contributed by atoms with Crippen molar-refractivity contribution in [2.45, 2.75) is 13.3 Å². The van der Waals surface area contributed by atoms with Crippen LogP contribution in [0, 0.1) is 0 Å². The molecule has 1 aliphatic heterocycles. The molecule has 2 N–H and O–H groups in total. The van der Waals surface area contributed by atoms with Crippen LogP contribution >= 0.6 is 12.2 Å². The quantitative estimate of drug-likeness (QED) is 0.673. The average molecular weight is 441 g/mol. The molecular formula is C23H28N4O3S. The molecule has 3 rings (SSSR count). The third-order valence-electron chi connectivity index (χ3n) is 4.97. The maximum atomic E-state index is 12.8. The fraction of sp³-hybridized carbons (Fsp3) is 0.348. The van der Waals surface area contributed by atoms with Gasteiger partial charge in [0.25, 0.3) is 11.8 Å². The molecule has 0 saturated carbocycles. The first-order chi connectivity index (χ1) is 15.0. The van der Waals surface area contributed by atoms with E-state index in [1.54, 1.807) is 48.5 Å². The molecule has 1 fully saturated rings. The van der Waals surface area contributed by atoms with Crippen molar-refractivity contribution in [3.63, 3.8) is 0 Å². The normalized spacial score (nSPS) is 14.1. The van der Waals surface area contributed by atoms with E-state index in [1.165, 1.54) is 0 Å². The molecule has 0 aromatic heterocycles. The largest absolute Gasteiger partial charge is 0.494 e. The van der Waals surface area contributed by atoms with Crippen LogP contribution < -0.4 is 15.4 Å². The number of nitrogens with zero attached hydrogens (tertiary/aromatic N) is 2. The molecule has 1 saturated heterocycles. The van der Waals surface area contributed by atoms with Gasteiger partial charge in [0.15, 0.2) is 5.11 Å². The second-order valence-electron chi connectivity index (χ2n) is 7.46. The highest BCUT2D eigenvalue weighted by molar-refractivity contribution is 7.80. The monoisotopic (exact) mass is 440 g/mol. The third-order valence-corrected chi connectivity index (χ3v) is 5.18. The summed E-state index contributed by atoms with van der Waals surface area (Å²) < 4.78 is 5.53. The minimum Gasteiger partial charge on any atom is -0.494 e. The van der Waals surface area contributed by atoms with E-state index in [9.17, 15) is 9.59 Å². The van der Waals surface area contributed by atoms with Crippen LogP contribution in [-0.4, -0.2) is 66.6 Å². The van der Waals surface area contributed by atoms with Gasteiger partial charge in [0, 0.05) is 43.0 Å². The van der Waals surface area contributed by atoms with Gasteiger partial charge < -0.3 is 19.9 Å². The second-order valence-corrected chi connectivity index (χ2v) is 7.87. The number of benzene rings is 2. The topological polar surface area (TPSA) is 73.9 Å². The fourth-order valence-corrected chi connectivity index (χ4v) is 3.39. The Morgan fingerprint density at radius 2 is 1.74 bits per heavy atom. The smallest absolute Gasteiger partial charge is 0.257 e. The van der Waals surface area contributed by atoms with Crippen molar-refractivity contribution < 1.29 is 14.3 Å². The number of amides is 2. The molecular weight excluding hydrogens is 412 g/mol. The van der Waals surface area contributed by atoms with Crippen LogP contribution in [0.25, 0.3) is 0 Å². The summed E-state index contributed by atoms with van der Waals surface area (Å²) in [5.41, 5.74) is 1.71. The average Bonchev–Trinajstić information content (AvgIpc) is 2.78. The van der Waals surface area contributed by atoms with Crippen molar-refractivity contribution >= 4 is 34.8 Å². The SMILES string of the molecule is CCCOc1ccc(C(=O)NC(=S)Nc2cccc(C(=O)N3CCN(C)CC3)c2)cc1. The van der Waals surface area contributed by atoms with Gasteiger partial charge >= 0.3 is 0 Å². The van der Waals surface area contributed by atoms with Crippen molar-refractivity contribution in [1.82, 2.24) is 15.1 Å². The van der Waals surface area contributed by atoms with Gasteiger partial charge in [0.2, 0.25) is 0 Å². The Bertz CT molecular complexity index is 925. The predicted octanol–water partition coefficient (Wildman–Crippen LogP) is 2.99. The number of carbonyl (C=O) groups excluding carboxylic acids is 2. The molecule has 2 aromatic rings. The van der Waals surface area contributed by atoms with E-state index in [-0.39, 0.29) is 16.9 Å². The summed E-state index contributed by atoms with van der Waals surface area (Å²) in [6.07, 6.45) is 0.921. The van der Waals surface area contributed by atoms with Crippen LogP contribution in [0.1, 0.15) is 34.1 Å². The summed E-state index contributed by atoms with van der Waals surface area (Å²) >= 11 is 5.27. The van der Waals surface area contributed by atoms with E-state index in [2.05, 4.69) is 22.6 Å². The molecule has 0 spiro atoms. The van der Waals surface area contributed by atoms with E-state index < -0.39 is 0 Å². The lowest BCUT2D eigenvalue weighted by molar-refractivity contribution is 0.0664. The van der Waals surface area contributed by atoms with E-state index in [0.29, 0.717) is 36.5 Å². The Hall–Kier alpha value is -2.97. The molecule has 0 unspecified atom stereocenters. The number of ether oxygens (including phenoxy) is 1. The summed E-state index contributed by atoms with van der Waals surface area (Å²) in [4.78, 5) is 29.3. The molecule has 8 heteroatoms. The van der Waals surface area contributed by atoms with Gasteiger partial charge in [-0.3, -0.25) is 14.9 Å². The first-order valence-corrected chi connectivity index (χ1v) is 10.8. The minimum atomic E-state index is -0.316. The number of anilines is 1. The Balaban J connectivity index is 1.56. The molecule has 0 radical (unpaired) electrons. The lowest BCUT2D eigenvalue weighted by atomic mass is 10.1. The molecule has 164 valence electrons. The van der Waals surface area contributed by atoms with E-state index in [0.717, 1.165) is 25.3 Å². The molecule has 2 aromatic carbocycles. The highest BCUT2D eigenvalue weighted by Crippen LogP contribution is 2.15. The van der Waals surface area contributed by atoms with Gasteiger partial charge in [-0.2, -0.15) is 0 Å². The van der Waals surface area contributed by atoms with Gasteiger partial charge in [0.05, 0.1) is 6.61 Å². The van der Waals surface area contributed by atoms with Crippen LogP contribution in [0.15, 0.2) is 48.5 Å². The highest BCUT2D eigenvalue weighted by Gasteiger charge is 2.20. The van der Waals surface area contributed by atoms with Crippen LogP contribution in [0.4, 0.5) is 5.69 Å². The number of likely N-dealkylation sites (N-methyl/N-ethyl adjacent to an activating group) is 1. The first kappa shape index (κ1) is 22.7. The maximum Gasteiger partial charge on any atom is 0.257 e. The Kier molecular flexibility index (Phi) is 7.97. The van der Waals surface area contributed by atoms with Crippen molar-refractivity contribution in [2.75, 3.05) is 45.2 Å². The molecule has 1 aliphatic rings. The summed E-state index contributed by atoms with van der Waals surface area (Å²) in [7, 11) is 2.05. The van der Waals surface area contributed by atoms with Gasteiger partial charge in [-0.05, 0) is 68.2 Å². The molecule has 0 atom stereocenters. The van der Waals surface area contributed by atoms with Crippen LogP contribution in [-0.2, 0) is 0 Å². The number of thiocarbonyl (C=S) groups is 1. The van der Waals surface area contributed by atoms with Crippen LogP contribution in [0.5, 0.6) is 5.75 Å². The minimum absolute atomic E-state index is 0.00270. The zero-order chi connectivity index (χ0) is 22.2. The molecule has 2 amide bonds. The van der Waals surface area contributed by atoms with E-state index >= 15 is 0 Å². The Morgan fingerprint density at radius 3 is 2.42 bits per heavy atom. The van der Waals surface area contributed by atoms with Crippen LogP contribution in [0.3, 0.4) is 0 Å². The zero-order valence-corrected chi connectivity index (χ0v) is 18.7. The van der Waals surface area contributed by atoms with Gasteiger partial charge in [-0.15, -0.1) is 0 Å². The number of nitrogens with one attached hydrogen (secondary N) is 2. The fourth-order valence-electron chi connectivity index (χ4n) is 3.18. The summed E-state index contributed by atoms with van der Waals surface area (Å²) in [5.74, 6) is 0.405. The lowest BCUT2D eigenvalue weighted by Gasteiger charge is -2.32. The molecule has 31 heavy (non-hydrogen) atoms. The summed E-state index contributed by atoms with van der Waals surface area (Å²) in [5, 5.41) is 5.81. The Labute approximate surface area is 188 Å². The third kappa shape index (κ3) is 6.50. The number of hydrogen-bond acceptors (Lipinski definition) is 5. The second kappa shape index (κ2) is 10.9.